The van der Waals surface area contributed by atoms with Crippen LogP contribution in [0.3, 0.4) is 0 Å². The van der Waals surface area contributed by atoms with Gasteiger partial charge in [0.15, 0.2) is 5.79 Å². The first-order chi connectivity index (χ1) is 13.3. The lowest BCUT2D eigenvalue weighted by molar-refractivity contribution is -0.241. The van der Waals surface area contributed by atoms with Crippen LogP contribution in [0, 0.1) is 0 Å². The average Bonchev–Trinajstić information content (AvgIpc) is 3.14. The molecule has 0 aromatic carbocycles. The highest BCUT2D eigenvalue weighted by Gasteiger charge is 2.35. The minimum absolute atomic E-state index is 0.476. The SMILES string of the molecule is COCCOCCOCCOC1(OCCOCCOCCOC)CCCC1. The van der Waals surface area contributed by atoms with Crippen molar-refractivity contribution in [2.75, 3.05) is 93.5 Å². The fourth-order valence-corrected chi connectivity index (χ4v) is 2.75. The van der Waals surface area contributed by atoms with Gasteiger partial charge < -0.3 is 37.9 Å². The summed E-state index contributed by atoms with van der Waals surface area (Å²) in [5.41, 5.74) is 0. The molecule has 0 N–H and O–H groups in total. The molecular formula is C19H38O8. The van der Waals surface area contributed by atoms with E-state index in [0.717, 1.165) is 25.7 Å². The first-order valence-corrected chi connectivity index (χ1v) is 9.90. The van der Waals surface area contributed by atoms with Crippen LogP contribution in [0.2, 0.25) is 0 Å². The zero-order valence-corrected chi connectivity index (χ0v) is 17.1. The maximum atomic E-state index is 6.01. The van der Waals surface area contributed by atoms with Crippen molar-refractivity contribution in [2.24, 2.45) is 0 Å². The molecule has 0 saturated heterocycles. The van der Waals surface area contributed by atoms with Crippen LogP contribution >= 0.6 is 0 Å². The van der Waals surface area contributed by atoms with Gasteiger partial charge in [-0.2, -0.15) is 0 Å². The molecule has 27 heavy (non-hydrogen) atoms. The van der Waals surface area contributed by atoms with Crippen molar-refractivity contribution in [3.63, 3.8) is 0 Å². The Morgan fingerprint density at radius 1 is 0.481 bits per heavy atom. The summed E-state index contributed by atoms with van der Waals surface area (Å²) in [4.78, 5) is 0. The van der Waals surface area contributed by atoms with E-state index in [1.807, 2.05) is 0 Å². The van der Waals surface area contributed by atoms with E-state index in [9.17, 15) is 0 Å². The van der Waals surface area contributed by atoms with E-state index < -0.39 is 5.79 Å². The number of rotatable bonds is 20. The normalized spacial score (nSPS) is 16.2. The summed E-state index contributed by atoms with van der Waals surface area (Å²) in [5.74, 6) is -0.476. The van der Waals surface area contributed by atoms with Crippen LogP contribution in [0.5, 0.6) is 0 Å². The third kappa shape index (κ3) is 13.5. The third-order valence-corrected chi connectivity index (χ3v) is 4.16. The quantitative estimate of drug-likeness (QED) is 0.228. The molecule has 1 fully saturated rings. The van der Waals surface area contributed by atoms with Gasteiger partial charge in [0, 0.05) is 27.1 Å². The van der Waals surface area contributed by atoms with Crippen molar-refractivity contribution in [3.8, 4) is 0 Å². The Morgan fingerprint density at radius 2 is 0.815 bits per heavy atom. The van der Waals surface area contributed by atoms with Crippen molar-refractivity contribution in [3.05, 3.63) is 0 Å². The second kappa shape index (κ2) is 17.8. The van der Waals surface area contributed by atoms with Gasteiger partial charge in [-0.3, -0.25) is 0 Å². The lowest BCUT2D eigenvalue weighted by Crippen LogP contribution is -2.35. The lowest BCUT2D eigenvalue weighted by atomic mass is 10.2. The molecule has 8 nitrogen and oxygen atoms in total. The maximum Gasteiger partial charge on any atom is 0.168 e. The van der Waals surface area contributed by atoms with Crippen LogP contribution in [0.15, 0.2) is 0 Å². The predicted octanol–water partition coefficient (Wildman–Crippen LogP) is 1.65. The summed E-state index contributed by atoms with van der Waals surface area (Å²) in [7, 11) is 3.31. The Kier molecular flexibility index (Phi) is 16.3. The molecule has 1 aliphatic rings. The van der Waals surface area contributed by atoms with Crippen LogP contribution < -0.4 is 0 Å². The van der Waals surface area contributed by atoms with Gasteiger partial charge in [-0.1, -0.05) is 0 Å². The predicted molar refractivity (Wildman–Crippen MR) is 100 cm³/mol. The second-order valence-corrected chi connectivity index (χ2v) is 6.25. The minimum atomic E-state index is -0.476. The zero-order chi connectivity index (χ0) is 19.5. The van der Waals surface area contributed by atoms with Gasteiger partial charge in [-0.05, 0) is 12.8 Å². The summed E-state index contributed by atoms with van der Waals surface area (Å²) in [6.45, 7) is 6.75. The Hall–Kier alpha value is -0.320. The lowest BCUT2D eigenvalue weighted by Gasteiger charge is -2.29. The second-order valence-electron chi connectivity index (χ2n) is 6.25. The number of ether oxygens (including phenoxy) is 8. The van der Waals surface area contributed by atoms with Gasteiger partial charge in [-0.15, -0.1) is 0 Å². The van der Waals surface area contributed by atoms with E-state index >= 15 is 0 Å². The molecule has 0 amide bonds. The van der Waals surface area contributed by atoms with Crippen LogP contribution in [-0.2, 0) is 37.9 Å². The first-order valence-electron chi connectivity index (χ1n) is 9.90. The van der Waals surface area contributed by atoms with Crippen LogP contribution in [0.1, 0.15) is 25.7 Å². The Labute approximate surface area is 163 Å². The van der Waals surface area contributed by atoms with Gasteiger partial charge in [0.25, 0.3) is 0 Å². The highest BCUT2D eigenvalue weighted by Crippen LogP contribution is 2.34. The minimum Gasteiger partial charge on any atom is -0.382 e. The molecule has 0 radical (unpaired) electrons. The molecule has 0 unspecified atom stereocenters. The summed E-state index contributed by atoms with van der Waals surface area (Å²) in [6.07, 6.45) is 4.10. The molecule has 0 atom stereocenters. The third-order valence-electron chi connectivity index (χ3n) is 4.16. The molecular weight excluding hydrogens is 356 g/mol. The topological polar surface area (TPSA) is 73.8 Å². The van der Waals surface area contributed by atoms with Gasteiger partial charge in [0.05, 0.1) is 79.3 Å². The van der Waals surface area contributed by atoms with Gasteiger partial charge in [0.2, 0.25) is 0 Å². The first kappa shape index (κ1) is 24.7. The number of hydrogen-bond donors (Lipinski definition) is 0. The van der Waals surface area contributed by atoms with Crippen molar-refractivity contribution in [2.45, 2.75) is 31.5 Å². The van der Waals surface area contributed by atoms with Gasteiger partial charge >= 0.3 is 0 Å². The monoisotopic (exact) mass is 394 g/mol. The molecule has 0 bridgehead atoms. The van der Waals surface area contributed by atoms with Crippen LogP contribution in [0.25, 0.3) is 0 Å². The standard InChI is InChI=1S/C19H38O8/c1-20-7-9-22-11-13-24-15-17-26-19(5-3-4-6-19)27-18-16-25-14-12-23-10-8-21-2/h3-18H2,1-2H3. The molecule has 162 valence electrons. The molecule has 0 aromatic rings. The highest BCUT2D eigenvalue weighted by molar-refractivity contribution is 4.77. The average molecular weight is 395 g/mol. The van der Waals surface area contributed by atoms with Crippen molar-refractivity contribution in [1.29, 1.82) is 0 Å². The Balaban J connectivity index is 1.98. The van der Waals surface area contributed by atoms with Crippen molar-refractivity contribution >= 4 is 0 Å². The van der Waals surface area contributed by atoms with E-state index in [-0.39, 0.29) is 0 Å². The molecule has 8 heteroatoms. The van der Waals surface area contributed by atoms with Gasteiger partial charge in [0.1, 0.15) is 0 Å². The molecule has 0 spiro atoms. The molecule has 0 heterocycles. The molecule has 0 aromatic heterocycles. The fraction of sp³-hybridized carbons (Fsp3) is 1.00. The van der Waals surface area contributed by atoms with Crippen LogP contribution in [0.4, 0.5) is 0 Å². The molecule has 1 rings (SSSR count). The van der Waals surface area contributed by atoms with E-state index in [1.165, 1.54) is 0 Å². The molecule has 1 saturated carbocycles. The van der Waals surface area contributed by atoms with E-state index in [1.54, 1.807) is 14.2 Å². The number of methoxy groups -OCH3 is 2. The summed E-state index contributed by atoms with van der Waals surface area (Å²) >= 11 is 0. The highest BCUT2D eigenvalue weighted by atomic mass is 16.7. The van der Waals surface area contributed by atoms with Gasteiger partial charge in [-0.25, -0.2) is 0 Å². The summed E-state index contributed by atoms with van der Waals surface area (Å²) < 4.78 is 43.6. The summed E-state index contributed by atoms with van der Waals surface area (Å²) in [5, 5.41) is 0. The molecule has 1 aliphatic carbocycles. The fourth-order valence-electron chi connectivity index (χ4n) is 2.75. The number of hydrogen-bond acceptors (Lipinski definition) is 8. The van der Waals surface area contributed by atoms with E-state index in [0.29, 0.717) is 79.3 Å². The summed E-state index contributed by atoms with van der Waals surface area (Å²) in [6, 6.07) is 0. The van der Waals surface area contributed by atoms with E-state index in [4.69, 9.17) is 37.9 Å². The van der Waals surface area contributed by atoms with Crippen molar-refractivity contribution in [1.82, 2.24) is 0 Å². The molecule has 0 aliphatic heterocycles. The Bertz CT molecular complexity index is 286. The maximum absolute atomic E-state index is 6.01. The van der Waals surface area contributed by atoms with E-state index in [2.05, 4.69) is 0 Å². The van der Waals surface area contributed by atoms with Crippen molar-refractivity contribution < 1.29 is 37.9 Å². The smallest absolute Gasteiger partial charge is 0.168 e. The Morgan fingerprint density at radius 3 is 1.19 bits per heavy atom. The zero-order valence-electron chi connectivity index (χ0n) is 17.1. The largest absolute Gasteiger partial charge is 0.382 e. The van der Waals surface area contributed by atoms with Crippen LogP contribution in [-0.4, -0.2) is 99.3 Å².